The van der Waals surface area contributed by atoms with E-state index in [0.717, 1.165) is 15.1 Å². The van der Waals surface area contributed by atoms with Gasteiger partial charge in [0.15, 0.2) is 5.82 Å². The molecule has 0 bridgehead atoms. The Morgan fingerprint density at radius 3 is 2.88 bits per heavy atom. The van der Waals surface area contributed by atoms with E-state index >= 15 is 0 Å². The number of hydrogen-bond donors (Lipinski definition) is 1. The second-order valence-corrected chi connectivity index (χ2v) is 5.21. The summed E-state index contributed by atoms with van der Waals surface area (Å²) < 4.78 is 2.73. The number of halogens is 2. The van der Waals surface area contributed by atoms with Gasteiger partial charge in [-0.2, -0.15) is 4.68 Å². The largest absolute Gasteiger partial charge is 0.311 e. The van der Waals surface area contributed by atoms with Crippen LogP contribution in [0.4, 0.5) is 0 Å². The van der Waals surface area contributed by atoms with Crippen LogP contribution in [-0.4, -0.2) is 27.3 Å². The maximum Gasteiger partial charge on any atom is 0.173 e. The second-order valence-electron chi connectivity index (χ2n) is 3.55. The predicted molar refractivity (Wildman–Crippen MR) is 74.4 cm³/mol. The Balaban J connectivity index is 2.50. The Morgan fingerprint density at radius 2 is 2.24 bits per heavy atom. The van der Waals surface area contributed by atoms with Crippen LogP contribution < -0.4 is 5.32 Å². The molecule has 1 atom stereocenters. The van der Waals surface area contributed by atoms with Crippen LogP contribution >= 0.6 is 34.2 Å². The Labute approximate surface area is 118 Å². The molecule has 0 fully saturated rings. The van der Waals surface area contributed by atoms with E-state index in [1.807, 2.05) is 32.2 Å². The first kappa shape index (κ1) is 12.7. The third-order valence-corrected chi connectivity index (χ3v) is 3.43. The van der Waals surface area contributed by atoms with E-state index in [0.29, 0.717) is 5.02 Å². The van der Waals surface area contributed by atoms with E-state index < -0.39 is 0 Å². The lowest BCUT2D eigenvalue weighted by molar-refractivity contribution is 0.588. The molecular weight excluding hydrogens is 353 g/mol. The minimum Gasteiger partial charge on any atom is -0.311 e. The van der Waals surface area contributed by atoms with Crippen LogP contribution in [0.2, 0.25) is 5.02 Å². The Morgan fingerprint density at radius 1 is 1.47 bits per heavy atom. The Kier molecular flexibility index (Phi) is 3.95. The van der Waals surface area contributed by atoms with Crippen molar-refractivity contribution in [2.75, 3.05) is 7.05 Å². The molecule has 5 nitrogen and oxygen atoms in total. The predicted octanol–water partition coefficient (Wildman–Crippen LogP) is 2.20. The Hall–Kier alpha value is -0.730. The number of hydrogen-bond acceptors (Lipinski definition) is 4. The van der Waals surface area contributed by atoms with Crippen molar-refractivity contribution in [1.82, 2.24) is 25.5 Å². The molecule has 0 aliphatic carbocycles. The molecule has 90 valence electrons. The average Bonchev–Trinajstić information content (AvgIpc) is 2.77. The number of aromatic nitrogens is 4. The monoisotopic (exact) mass is 363 g/mol. The highest BCUT2D eigenvalue weighted by Crippen LogP contribution is 2.24. The third kappa shape index (κ3) is 2.58. The fourth-order valence-electron chi connectivity index (χ4n) is 1.42. The van der Waals surface area contributed by atoms with Crippen molar-refractivity contribution >= 4 is 34.2 Å². The molecule has 1 unspecified atom stereocenters. The zero-order valence-corrected chi connectivity index (χ0v) is 12.3. The molecule has 0 spiro atoms. The van der Waals surface area contributed by atoms with Gasteiger partial charge in [0.05, 0.1) is 16.8 Å². The standard InChI is InChI=1S/C10H11ClIN5/c1-6(13-2)10-14-15-16-17(10)9-4-3-7(12)5-8(9)11/h3-6,13H,1-2H3. The fraction of sp³-hybridized carbons (Fsp3) is 0.300. The van der Waals surface area contributed by atoms with Gasteiger partial charge >= 0.3 is 0 Å². The zero-order valence-electron chi connectivity index (χ0n) is 9.35. The molecule has 2 rings (SSSR count). The zero-order chi connectivity index (χ0) is 12.4. The number of benzene rings is 1. The smallest absolute Gasteiger partial charge is 0.173 e. The van der Waals surface area contributed by atoms with Gasteiger partial charge in [0.2, 0.25) is 0 Å². The topological polar surface area (TPSA) is 55.6 Å². The van der Waals surface area contributed by atoms with Crippen LogP contribution in [0.5, 0.6) is 0 Å². The quantitative estimate of drug-likeness (QED) is 0.850. The summed E-state index contributed by atoms with van der Waals surface area (Å²) in [6, 6.07) is 5.82. The van der Waals surface area contributed by atoms with Crippen molar-refractivity contribution in [3.05, 3.63) is 32.6 Å². The minimum atomic E-state index is 0.0559. The Bertz CT molecular complexity index is 527. The van der Waals surface area contributed by atoms with E-state index in [2.05, 4.69) is 43.4 Å². The van der Waals surface area contributed by atoms with Crippen molar-refractivity contribution in [3.8, 4) is 5.69 Å². The first-order chi connectivity index (χ1) is 8.13. The summed E-state index contributed by atoms with van der Waals surface area (Å²) >= 11 is 8.41. The van der Waals surface area contributed by atoms with Crippen LogP contribution in [0.3, 0.4) is 0 Å². The number of tetrazole rings is 1. The van der Waals surface area contributed by atoms with E-state index in [-0.39, 0.29) is 6.04 Å². The van der Waals surface area contributed by atoms with Gasteiger partial charge in [0, 0.05) is 3.57 Å². The summed E-state index contributed by atoms with van der Waals surface area (Å²) in [5.41, 5.74) is 0.786. The van der Waals surface area contributed by atoms with Gasteiger partial charge in [-0.1, -0.05) is 11.6 Å². The maximum absolute atomic E-state index is 6.20. The van der Waals surface area contributed by atoms with Crippen LogP contribution in [0.25, 0.3) is 5.69 Å². The summed E-state index contributed by atoms with van der Waals surface area (Å²) in [5, 5.41) is 15.4. The highest BCUT2D eigenvalue weighted by atomic mass is 127. The molecule has 1 N–H and O–H groups in total. The summed E-state index contributed by atoms with van der Waals surface area (Å²) in [6.45, 7) is 1.99. The highest BCUT2D eigenvalue weighted by Gasteiger charge is 2.15. The molecule has 0 amide bonds. The molecule has 1 heterocycles. The molecule has 1 aromatic heterocycles. The van der Waals surface area contributed by atoms with Gasteiger partial charge in [0.25, 0.3) is 0 Å². The normalized spacial score (nSPS) is 12.7. The first-order valence-corrected chi connectivity index (χ1v) is 6.50. The van der Waals surface area contributed by atoms with Crippen molar-refractivity contribution in [3.63, 3.8) is 0 Å². The van der Waals surface area contributed by atoms with Gasteiger partial charge in [-0.15, -0.1) is 5.10 Å². The van der Waals surface area contributed by atoms with Crippen molar-refractivity contribution < 1.29 is 0 Å². The van der Waals surface area contributed by atoms with E-state index in [9.17, 15) is 0 Å². The summed E-state index contributed by atoms with van der Waals surface area (Å²) in [7, 11) is 1.86. The number of nitrogens with zero attached hydrogens (tertiary/aromatic N) is 4. The molecule has 0 saturated heterocycles. The fourth-order valence-corrected chi connectivity index (χ4v) is 2.35. The SMILES string of the molecule is CNC(C)c1nnnn1-c1ccc(I)cc1Cl. The molecule has 17 heavy (non-hydrogen) atoms. The average molecular weight is 364 g/mol. The summed E-state index contributed by atoms with van der Waals surface area (Å²) in [5.74, 6) is 0.732. The highest BCUT2D eigenvalue weighted by molar-refractivity contribution is 14.1. The lowest BCUT2D eigenvalue weighted by Crippen LogP contribution is -2.18. The molecule has 0 saturated carbocycles. The van der Waals surface area contributed by atoms with Gasteiger partial charge in [-0.05, 0) is 65.2 Å². The number of nitrogens with one attached hydrogen (secondary N) is 1. The minimum absolute atomic E-state index is 0.0559. The van der Waals surface area contributed by atoms with Gasteiger partial charge in [-0.3, -0.25) is 0 Å². The van der Waals surface area contributed by atoms with E-state index in [4.69, 9.17) is 11.6 Å². The van der Waals surface area contributed by atoms with Crippen LogP contribution in [-0.2, 0) is 0 Å². The molecule has 2 aromatic rings. The molecule has 7 heteroatoms. The van der Waals surface area contributed by atoms with Crippen LogP contribution in [0.15, 0.2) is 18.2 Å². The first-order valence-electron chi connectivity index (χ1n) is 5.04. The lowest BCUT2D eigenvalue weighted by Gasteiger charge is -2.11. The van der Waals surface area contributed by atoms with E-state index in [1.165, 1.54) is 0 Å². The number of rotatable bonds is 3. The van der Waals surface area contributed by atoms with Crippen LogP contribution in [0.1, 0.15) is 18.8 Å². The van der Waals surface area contributed by atoms with Crippen LogP contribution in [0, 0.1) is 3.57 Å². The maximum atomic E-state index is 6.20. The lowest BCUT2D eigenvalue weighted by atomic mass is 10.3. The van der Waals surface area contributed by atoms with Gasteiger partial charge in [0.1, 0.15) is 0 Å². The molecule has 0 aliphatic rings. The second kappa shape index (κ2) is 5.28. The van der Waals surface area contributed by atoms with Gasteiger partial charge < -0.3 is 5.32 Å². The molecule has 0 radical (unpaired) electrons. The van der Waals surface area contributed by atoms with Gasteiger partial charge in [-0.25, -0.2) is 0 Å². The molecular formula is C10H11ClIN5. The van der Waals surface area contributed by atoms with Crippen molar-refractivity contribution in [2.45, 2.75) is 13.0 Å². The van der Waals surface area contributed by atoms with Crippen molar-refractivity contribution in [2.24, 2.45) is 0 Å². The molecule has 1 aromatic carbocycles. The third-order valence-electron chi connectivity index (χ3n) is 2.45. The summed E-state index contributed by atoms with van der Waals surface area (Å²) in [4.78, 5) is 0. The van der Waals surface area contributed by atoms with Crippen molar-refractivity contribution in [1.29, 1.82) is 0 Å². The molecule has 0 aliphatic heterocycles. The summed E-state index contributed by atoms with van der Waals surface area (Å²) in [6.07, 6.45) is 0. The van der Waals surface area contributed by atoms with E-state index in [1.54, 1.807) is 4.68 Å².